The second-order valence-corrected chi connectivity index (χ2v) is 4.95. The van der Waals surface area contributed by atoms with Gasteiger partial charge in [-0.3, -0.25) is 4.98 Å². The van der Waals surface area contributed by atoms with Gasteiger partial charge in [0.15, 0.2) is 0 Å². The molecule has 4 nitrogen and oxygen atoms in total. The molecule has 0 atom stereocenters. The Morgan fingerprint density at radius 1 is 1.21 bits per heavy atom. The van der Waals surface area contributed by atoms with Crippen LogP contribution in [0.2, 0.25) is 0 Å². The third-order valence-electron chi connectivity index (χ3n) is 3.73. The number of rotatable bonds is 1. The molecule has 96 valence electrons. The lowest BCUT2D eigenvalue weighted by Crippen LogP contribution is -2.29. The maximum atomic E-state index is 9.02. The molecule has 3 rings (SSSR count). The molecule has 0 spiro atoms. The van der Waals surface area contributed by atoms with Gasteiger partial charge in [-0.05, 0) is 37.5 Å². The predicted octanol–water partition coefficient (Wildman–Crippen LogP) is 2.68. The zero-order chi connectivity index (χ0) is 13.2. The zero-order valence-corrected chi connectivity index (χ0v) is 10.8. The van der Waals surface area contributed by atoms with Crippen molar-refractivity contribution in [2.24, 2.45) is 0 Å². The van der Waals surface area contributed by atoms with Crippen molar-refractivity contribution in [2.45, 2.75) is 19.3 Å². The van der Waals surface area contributed by atoms with Crippen LogP contribution in [0.3, 0.4) is 0 Å². The molecule has 2 aromatic rings. The van der Waals surface area contributed by atoms with Crippen molar-refractivity contribution in [3.63, 3.8) is 0 Å². The Morgan fingerprint density at radius 3 is 2.74 bits per heavy atom. The quantitative estimate of drug-likeness (QED) is 0.847. The lowest BCUT2D eigenvalue weighted by molar-refractivity contribution is 0.578. The van der Waals surface area contributed by atoms with Gasteiger partial charge >= 0.3 is 0 Å². The molecule has 1 fully saturated rings. The lowest BCUT2D eigenvalue weighted by atomic mass is 10.1. The summed E-state index contributed by atoms with van der Waals surface area (Å²) < 4.78 is 0. The maximum absolute atomic E-state index is 9.02. The van der Waals surface area contributed by atoms with E-state index in [1.54, 1.807) is 0 Å². The van der Waals surface area contributed by atoms with E-state index in [0.29, 0.717) is 11.3 Å². The van der Waals surface area contributed by atoms with E-state index in [9.17, 15) is 0 Å². The minimum Gasteiger partial charge on any atom is -0.397 e. The molecule has 2 heterocycles. The number of fused-ring (bicyclic) bond motifs is 1. The fourth-order valence-corrected chi connectivity index (χ4v) is 2.64. The molecule has 1 aromatic carbocycles. The molecule has 0 radical (unpaired) electrons. The van der Waals surface area contributed by atoms with Gasteiger partial charge in [0.05, 0.1) is 16.8 Å². The molecular weight excluding hydrogens is 236 g/mol. The smallest absolute Gasteiger partial charge is 0.103 e. The Bertz CT molecular complexity index is 651. The number of nitrogen functional groups attached to an aromatic ring is 1. The van der Waals surface area contributed by atoms with Crippen LogP contribution in [0.15, 0.2) is 24.4 Å². The van der Waals surface area contributed by atoms with Crippen molar-refractivity contribution in [3.8, 4) is 6.07 Å². The van der Waals surface area contributed by atoms with Crippen LogP contribution in [-0.2, 0) is 0 Å². The van der Waals surface area contributed by atoms with Gasteiger partial charge in [-0.2, -0.15) is 5.26 Å². The molecule has 1 aliphatic heterocycles. The molecule has 0 aliphatic carbocycles. The highest BCUT2D eigenvalue weighted by molar-refractivity contribution is 5.94. The molecule has 4 heteroatoms. The monoisotopic (exact) mass is 252 g/mol. The minimum absolute atomic E-state index is 0.447. The zero-order valence-electron chi connectivity index (χ0n) is 10.8. The summed E-state index contributed by atoms with van der Waals surface area (Å²) >= 11 is 0. The second kappa shape index (κ2) is 4.77. The van der Waals surface area contributed by atoms with E-state index in [0.717, 1.165) is 24.0 Å². The normalized spacial score (nSPS) is 15.4. The Morgan fingerprint density at radius 2 is 2.00 bits per heavy atom. The average molecular weight is 252 g/mol. The van der Waals surface area contributed by atoms with Gasteiger partial charge in [-0.25, -0.2) is 0 Å². The first kappa shape index (κ1) is 11.8. The van der Waals surface area contributed by atoms with Gasteiger partial charge in [-0.15, -0.1) is 0 Å². The third-order valence-corrected chi connectivity index (χ3v) is 3.73. The number of nitrogens with zero attached hydrogens (tertiary/aromatic N) is 3. The summed E-state index contributed by atoms with van der Waals surface area (Å²) in [6, 6.07) is 8.22. The highest BCUT2D eigenvalue weighted by atomic mass is 15.1. The Hall–Kier alpha value is -2.28. The topological polar surface area (TPSA) is 65.9 Å². The Balaban J connectivity index is 2.08. The van der Waals surface area contributed by atoms with Gasteiger partial charge in [-0.1, -0.05) is 0 Å². The van der Waals surface area contributed by atoms with E-state index in [-0.39, 0.29) is 0 Å². The van der Waals surface area contributed by atoms with Gasteiger partial charge < -0.3 is 10.6 Å². The molecule has 1 saturated heterocycles. The highest BCUT2D eigenvalue weighted by Gasteiger charge is 2.13. The molecule has 2 N–H and O–H groups in total. The van der Waals surface area contributed by atoms with Crippen LogP contribution in [0.1, 0.15) is 24.8 Å². The average Bonchev–Trinajstić information content (AvgIpc) is 2.48. The van der Waals surface area contributed by atoms with E-state index >= 15 is 0 Å². The molecule has 1 aliphatic rings. The fraction of sp³-hybridized carbons (Fsp3) is 0.333. The van der Waals surface area contributed by atoms with Crippen molar-refractivity contribution < 1.29 is 0 Å². The van der Waals surface area contributed by atoms with Crippen molar-refractivity contribution in [3.05, 3.63) is 30.0 Å². The van der Waals surface area contributed by atoms with Gasteiger partial charge in [0.25, 0.3) is 0 Å². The van der Waals surface area contributed by atoms with Crippen LogP contribution in [0, 0.1) is 11.3 Å². The van der Waals surface area contributed by atoms with Crippen LogP contribution < -0.4 is 10.6 Å². The van der Waals surface area contributed by atoms with Crippen LogP contribution in [0.4, 0.5) is 11.4 Å². The summed E-state index contributed by atoms with van der Waals surface area (Å²) in [6.45, 7) is 2.19. The number of anilines is 2. The first-order valence-corrected chi connectivity index (χ1v) is 6.63. The molecule has 0 amide bonds. The Kier molecular flexibility index (Phi) is 2.96. The maximum Gasteiger partial charge on any atom is 0.103 e. The molecular formula is C15H16N4. The van der Waals surface area contributed by atoms with E-state index in [4.69, 9.17) is 11.0 Å². The number of nitriles is 1. The van der Waals surface area contributed by atoms with E-state index in [2.05, 4.69) is 28.1 Å². The lowest BCUT2D eigenvalue weighted by Gasteiger charge is -2.29. The summed E-state index contributed by atoms with van der Waals surface area (Å²) in [5, 5.41) is 9.89. The summed E-state index contributed by atoms with van der Waals surface area (Å²) in [6.07, 6.45) is 5.33. The first-order chi connectivity index (χ1) is 9.29. The van der Waals surface area contributed by atoms with Crippen LogP contribution in [0.5, 0.6) is 0 Å². The number of aromatic nitrogens is 1. The predicted molar refractivity (Wildman–Crippen MR) is 76.9 cm³/mol. The van der Waals surface area contributed by atoms with Gasteiger partial charge in [0.2, 0.25) is 0 Å². The van der Waals surface area contributed by atoms with E-state index in [1.807, 2.05) is 6.07 Å². The minimum atomic E-state index is 0.447. The number of piperidine rings is 1. The Labute approximate surface area is 112 Å². The summed E-state index contributed by atoms with van der Waals surface area (Å²) in [7, 11) is 0. The number of nitrogens with two attached hydrogens (primary N) is 1. The molecule has 1 aromatic heterocycles. The first-order valence-electron chi connectivity index (χ1n) is 6.63. The number of hydrogen-bond donors (Lipinski definition) is 1. The standard InChI is InChI=1S/C15H16N4/c16-9-11-10-18-14-5-4-12(8-13(14)15(11)17)19-6-2-1-3-7-19/h4-5,8,10H,1-3,6-7H2,(H2,17,18). The third kappa shape index (κ3) is 2.08. The van der Waals surface area contributed by atoms with Gasteiger partial charge in [0.1, 0.15) is 6.07 Å². The summed E-state index contributed by atoms with van der Waals surface area (Å²) in [4.78, 5) is 6.65. The highest BCUT2D eigenvalue weighted by Crippen LogP contribution is 2.28. The van der Waals surface area contributed by atoms with E-state index < -0.39 is 0 Å². The molecule has 0 unspecified atom stereocenters. The SMILES string of the molecule is N#Cc1cnc2ccc(N3CCCCC3)cc2c1N. The van der Waals surface area contributed by atoms with Gasteiger partial charge in [0, 0.05) is 30.4 Å². The number of pyridine rings is 1. The van der Waals surface area contributed by atoms with Crippen molar-refractivity contribution in [2.75, 3.05) is 23.7 Å². The van der Waals surface area contributed by atoms with Crippen molar-refractivity contribution in [1.29, 1.82) is 5.26 Å². The second-order valence-electron chi connectivity index (χ2n) is 4.95. The van der Waals surface area contributed by atoms with Crippen LogP contribution >= 0.6 is 0 Å². The van der Waals surface area contributed by atoms with Crippen molar-refractivity contribution >= 4 is 22.3 Å². The van der Waals surface area contributed by atoms with Crippen LogP contribution in [-0.4, -0.2) is 18.1 Å². The summed E-state index contributed by atoms with van der Waals surface area (Å²) in [5.74, 6) is 0. The largest absolute Gasteiger partial charge is 0.397 e. The number of benzene rings is 1. The number of hydrogen-bond acceptors (Lipinski definition) is 4. The molecule has 0 saturated carbocycles. The fourth-order valence-electron chi connectivity index (χ4n) is 2.64. The van der Waals surface area contributed by atoms with Crippen molar-refractivity contribution in [1.82, 2.24) is 4.98 Å². The summed E-state index contributed by atoms with van der Waals surface area (Å²) in [5.41, 5.74) is 9.05. The molecule has 19 heavy (non-hydrogen) atoms. The van der Waals surface area contributed by atoms with Crippen LogP contribution in [0.25, 0.3) is 10.9 Å². The van der Waals surface area contributed by atoms with E-state index in [1.165, 1.54) is 31.1 Å². The molecule has 0 bridgehead atoms.